The zero-order valence-electron chi connectivity index (χ0n) is 12.1. The van der Waals surface area contributed by atoms with E-state index in [9.17, 15) is 13.2 Å². The largest absolute Gasteiger partial charge is 0.348 e. The van der Waals surface area contributed by atoms with Gasteiger partial charge in [0.15, 0.2) is 0 Å². The lowest BCUT2D eigenvalue weighted by Gasteiger charge is -2.16. The van der Waals surface area contributed by atoms with Crippen molar-refractivity contribution in [2.45, 2.75) is 18.2 Å². The van der Waals surface area contributed by atoms with Gasteiger partial charge in [0.25, 0.3) is 5.91 Å². The van der Waals surface area contributed by atoms with Crippen molar-refractivity contribution in [3.63, 3.8) is 0 Å². The lowest BCUT2D eigenvalue weighted by molar-refractivity contribution is 0.0955. The summed E-state index contributed by atoms with van der Waals surface area (Å²) in [6.07, 6.45) is 2.94. The van der Waals surface area contributed by atoms with Crippen LogP contribution in [-0.4, -0.2) is 34.0 Å². The summed E-state index contributed by atoms with van der Waals surface area (Å²) < 4.78 is 23.7. The van der Waals surface area contributed by atoms with Gasteiger partial charge in [0.2, 0.25) is 10.0 Å². The molecule has 6 nitrogen and oxygen atoms in total. The SMILES string of the molecule is Cc1c(C(=O)NCC2=CCNCC2)cc(Br)cc1S(N)(=O)=O. The van der Waals surface area contributed by atoms with Crippen LogP contribution in [0.2, 0.25) is 0 Å². The molecule has 0 fully saturated rings. The highest BCUT2D eigenvalue weighted by Gasteiger charge is 2.19. The molecule has 0 saturated heterocycles. The number of nitrogens with one attached hydrogen (secondary N) is 2. The zero-order chi connectivity index (χ0) is 16.3. The minimum absolute atomic E-state index is 0.0480. The maximum atomic E-state index is 12.3. The van der Waals surface area contributed by atoms with Crippen LogP contribution in [0.3, 0.4) is 0 Å². The predicted octanol–water partition coefficient (Wildman–Crippen LogP) is 1.05. The molecule has 0 aliphatic carbocycles. The summed E-state index contributed by atoms with van der Waals surface area (Å²) in [5.74, 6) is -0.317. The van der Waals surface area contributed by atoms with Gasteiger partial charge in [-0.3, -0.25) is 4.79 Å². The maximum Gasteiger partial charge on any atom is 0.251 e. The number of sulfonamides is 1. The molecule has 0 radical (unpaired) electrons. The van der Waals surface area contributed by atoms with Gasteiger partial charge < -0.3 is 10.6 Å². The lowest BCUT2D eigenvalue weighted by Crippen LogP contribution is -2.30. The van der Waals surface area contributed by atoms with Gasteiger partial charge in [0, 0.05) is 23.1 Å². The molecule has 8 heteroatoms. The molecule has 0 aromatic heterocycles. The van der Waals surface area contributed by atoms with Crippen molar-refractivity contribution in [2.75, 3.05) is 19.6 Å². The first-order valence-electron chi connectivity index (χ1n) is 6.79. The first-order chi connectivity index (χ1) is 10.3. The van der Waals surface area contributed by atoms with Crippen molar-refractivity contribution in [3.8, 4) is 0 Å². The Morgan fingerprint density at radius 1 is 1.45 bits per heavy atom. The van der Waals surface area contributed by atoms with E-state index in [1.54, 1.807) is 13.0 Å². The molecule has 4 N–H and O–H groups in total. The Labute approximate surface area is 138 Å². The number of carbonyl (C=O) groups is 1. The van der Waals surface area contributed by atoms with E-state index in [0.29, 0.717) is 22.1 Å². The summed E-state index contributed by atoms with van der Waals surface area (Å²) in [5.41, 5.74) is 1.81. The van der Waals surface area contributed by atoms with Crippen molar-refractivity contribution in [1.82, 2.24) is 10.6 Å². The highest BCUT2D eigenvalue weighted by molar-refractivity contribution is 9.10. The lowest BCUT2D eigenvalue weighted by atomic mass is 10.1. The molecule has 0 unspecified atom stereocenters. The van der Waals surface area contributed by atoms with Crippen LogP contribution >= 0.6 is 15.9 Å². The highest BCUT2D eigenvalue weighted by Crippen LogP contribution is 2.24. The Balaban J connectivity index is 2.22. The Morgan fingerprint density at radius 2 is 2.18 bits per heavy atom. The zero-order valence-corrected chi connectivity index (χ0v) is 14.6. The quantitative estimate of drug-likeness (QED) is 0.672. The van der Waals surface area contributed by atoms with Gasteiger partial charge in [-0.25, -0.2) is 13.6 Å². The predicted molar refractivity (Wildman–Crippen MR) is 88.2 cm³/mol. The fourth-order valence-corrected chi connectivity index (χ4v) is 3.74. The van der Waals surface area contributed by atoms with Crippen molar-refractivity contribution < 1.29 is 13.2 Å². The number of halogens is 1. The van der Waals surface area contributed by atoms with Crippen LogP contribution in [0.1, 0.15) is 22.3 Å². The number of carbonyl (C=O) groups excluding carboxylic acids is 1. The van der Waals surface area contributed by atoms with E-state index in [0.717, 1.165) is 25.1 Å². The van der Waals surface area contributed by atoms with Gasteiger partial charge in [-0.1, -0.05) is 27.6 Å². The molecule has 1 aromatic carbocycles. The fraction of sp³-hybridized carbons (Fsp3) is 0.357. The second kappa shape index (κ2) is 6.91. The van der Waals surface area contributed by atoms with Gasteiger partial charge in [-0.2, -0.15) is 0 Å². The first-order valence-corrected chi connectivity index (χ1v) is 9.12. The molecule has 0 atom stereocenters. The summed E-state index contributed by atoms with van der Waals surface area (Å²) in [6.45, 7) is 3.73. The Hall–Kier alpha value is -1.22. The van der Waals surface area contributed by atoms with Gasteiger partial charge >= 0.3 is 0 Å². The van der Waals surface area contributed by atoms with Gasteiger partial charge in [-0.15, -0.1) is 0 Å². The molecule has 2 rings (SSSR count). The molecule has 1 amide bonds. The van der Waals surface area contributed by atoms with Gasteiger partial charge in [-0.05, 0) is 37.6 Å². The van der Waals surface area contributed by atoms with Crippen LogP contribution in [0.15, 0.2) is 33.2 Å². The number of amides is 1. The Morgan fingerprint density at radius 3 is 2.77 bits per heavy atom. The minimum atomic E-state index is -3.88. The van der Waals surface area contributed by atoms with Crippen molar-refractivity contribution in [1.29, 1.82) is 0 Å². The second-order valence-electron chi connectivity index (χ2n) is 5.12. The Bertz CT molecular complexity index is 729. The third-order valence-corrected chi connectivity index (χ3v) is 5.00. The third-order valence-electron chi connectivity index (χ3n) is 3.51. The molecule has 1 aromatic rings. The number of hydrogen-bond acceptors (Lipinski definition) is 4. The molecule has 1 aliphatic rings. The summed E-state index contributed by atoms with van der Waals surface area (Å²) in [5, 5.41) is 11.2. The standard InChI is InChI=1S/C14H18BrN3O3S/c1-9-12(6-11(15)7-13(9)22(16,20)21)14(19)18-8-10-2-4-17-5-3-10/h2,6-7,17H,3-5,8H2,1H3,(H,18,19)(H2,16,20,21). The summed E-state index contributed by atoms with van der Waals surface area (Å²) >= 11 is 3.22. The van der Waals surface area contributed by atoms with Crippen LogP contribution in [0.25, 0.3) is 0 Å². The summed E-state index contributed by atoms with van der Waals surface area (Å²) in [7, 11) is -3.88. The monoisotopic (exact) mass is 387 g/mol. The highest BCUT2D eigenvalue weighted by atomic mass is 79.9. The number of hydrogen-bond donors (Lipinski definition) is 3. The van der Waals surface area contributed by atoms with Crippen molar-refractivity contribution >= 4 is 31.9 Å². The second-order valence-corrected chi connectivity index (χ2v) is 7.57. The van der Waals surface area contributed by atoms with Crippen molar-refractivity contribution in [2.24, 2.45) is 5.14 Å². The molecule has 0 spiro atoms. The molecule has 120 valence electrons. The van der Waals surface area contributed by atoms with E-state index < -0.39 is 10.0 Å². The third kappa shape index (κ3) is 4.16. The average Bonchev–Trinajstić information content (AvgIpc) is 2.46. The van der Waals surface area contributed by atoms with Crippen LogP contribution in [-0.2, 0) is 10.0 Å². The minimum Gasteiger partial charge on any atom is -0.348 e. The molecular formula is C14H18BrN3O3S. The first kappa shape index (κ1) is 17.1. The van der Waals surface area contributed by atoms with Crippen LogP contribution < -0.4 is 15.8 Å². The van der Waals surface area contributed by atoms with Crippen LogP contribution in [0.5, 0.6) is 0 Å². The maximum absolute atomic E-state index is 12.3. The number of nitrogens with two attached hydrogens (primary N) is 1. The molecule has 1 heterocycles. The van der Waals surface area contributed by atoms with Crippen LogP contribution in [0.4, 0.5) is 0 Å². The summed E-state index contributed by atoms with van der Waals surface area (Å²) in [6, 6.07) is 2.99. The van der Waals surface area contributed by atoms with E-state index >= 15 is 0 Å². The van der Waals surface area contributed by atoms with Crippen LogP contribution in [0, 0.1) is 6.92 Å². The van der Waals surface area contributed by atoms with E-state index in [2.05, 4.69) is 26.6 Å². The van der Waals surface area contributed by atoms with E-state index in [4.69, 9.17) is 5.14 Å². The van der Waals surface area contributed by atoms with E-state index in [1.165, 1.54) is 6.07 Å². The number of primary sulfonamides is 1. The smallest absolute Gasteiger partial charge is 0.251 e. The van der Waals surface area contributed by atoms with Gasteiger partial charge in [0.1, 0.15) is 0 Å². The number of benzene rings is 1. The average molecular weight is 388 g/mol. The number of rotatable bonds is 4. The van der Waals surface area contributed by atoms with Gasteiger partial charge in [0.05, 0.1) is 4.90 Å². The normalized spacial score (nSPS) is 15.3. The van der Waals surface area contributed by atoms with Crippen molar-refractivity contribution in [3.05, 3.63) is 39.4 Å². The Kier molecular flexibility index (Phi) is 5.38. The molecular weight excluding hydrogens is 370 g/mol. The molecule has 22 heavy (non-hydrogen) atoms. The van der Waals surface area contributed by atoms with E-state index in [-0.39, 0.29) is 10.8 Å². The van der Waals surface area contributed by atoms with E-state index in [1.807, 2.05) is 6.08 Å². The molecule has 0 bridgehead atoms. The fourth-order valence-electron chi connectivity index (χ4n) is 2.30. The molecule has 0 saturated carbocycles. The summed E-state index contributed by atoms with van der Waals surface area (Å²) in [4.78, 5) is 12.3. The molecule has 1 aliphatic heterocycles. The topological polar surface area (TPSA) is 101 Å².